The van der Waals surface area contributed by atoms with Gasteiger partial charge in [-0.1, -0.05) is 201 Å². The largest absolute Gasteiger partial charge is 0.310 e. The molecule has 2 nitrogen and oxygen atoms in total. The van der Waals surface area contributed by atoms with Crippen molar-refractivity contribution in [3.8, 4) is 66.8 Å². The lowest BCUT2D eigenvalue weighted by Crippen LogP contribution is -2.36. The molecule has 5 aliphatic carbocycles. The van der Waals surface area contributed by atoms with Gasteiger partial charge in [-0.05, 0) is 207 Å². The number of hydrogen-bond acceptors (Lipinski definition) is 2. The Hall–Kier alpha value is -9.24. The van der Waals surface area contributed by atoms with E-state index in [1.54, 1.807) is 0 Å². The summed E-state index contributed by atoms with van der Waals surface area (Å²) in [7, 11) is 0. The van der Waals surface area contributed by atoms with Crippen molar-refractivity contribution in [2.24, 2.45) is 0 Å². The molecule has 0 saturated carbocycles. The van der Waals surface area contributed by atoms with Crippen molar-refractivity contribution in [3.63, 3.8) is 0 Å². The van der Waals surface area contributed by atoms with Gasteiger partial charge in [-0.25, -0.2) is 0 Å². The van der Waals surface area contributed by atoms with Gasteiger partial charge in [0.1, 0.15) is 0 Å². The Kier molecular flexibility index (Phi) is 9.42. The van der Waals surface area contributed by atoms with Crippen molar-refractivity contribution in [1.29, 1.82) is 0 Å². The quantitative estimate of drug-likeness (QED) is 0.164. The molecule has 0 fully saturated rings. The predicted molar refractivity (Wildman–Crippen MR) is 346 cm³/mol. The lowest BCUT2D eigenvalue weighted by Gasteiger charge is -2.44. The maximum atomic E-state index is 2.59. The molecule has 0 unspecified atom stereocenters. The predicted octanol–water partition coefficient (Wildman–Crippen LogP) is 21.8. The maximum Gasteiger partial charge on any atom is 0.0540 e. The Morgan fingerprint density at radius 3 is 0.902 bits per heavy atom. The molecule has 17 rings (SSSR count). The molecule has 0 amide bonds. The van der Waals surface area contributed by atoms with Gasteiger partial charge >= 0.3 is 0 Å². The van der Waals surface area contributed by atoms with Crippen molar-refractivity contribution in [1.82, 2.24) is 0 Å². The van der Waals surface area contributed by atoms with E-state index in [4.69, 9.17) is 0 Å². The van der Waals surface area contributed by atoms with E-state index >= 15 is 0 Å². The van der Waals surface area contributed by atoms with Crippen LogP contribution in [0.15, 0.2) is 231 Å². The molecular weight excluding hydrogens is 989 g/mol. The topological polar surface area (TPSA) is 6.48 Å². The van der Waals surface area contributed by atoms with Crippen molar-refractivity contribution in [2.45, 2.75) is 77.0 Å². The highest BCUT2D eigenvalue weighted by molar-refractivity contribution is 6.21. The summed E-state index contributed by atoms with van der Waals surface area (Å²) in [6.07, 6.45) is 0. The molecule has 0 bridgehead atoms. The number of anilines is 6. The first-order valence-corrected chi connectivity index (χ1v) is 29.4. The Labute approximate surface area is 481 Å². The maximum absolute atomic E-state index is 2.59. The average Bonchev–Trinajstić information content (AvgIpc) is 1.85. The molecule has 0 radical (unpaired) electrons. The van der Waals surface area contributed by atoms with E-state index in [2.05, 4.69) is 296 Å². The summed E-state index contributed by atoms with van der Waals surface area (Å²) in [6.45, 7) is 19.4. The zero-order valence-corrected chi connectivity index (χ0v) is 47.8. The second-order valence-electron chi connectivity index (χ2n) is 26.0. The van der Waals surface area contributed by atoms with Gasteiger partial charge in [0.2, 0.25) is 0 Å². The Morgan fingerprint density at radius 2 is 0.512 bits per heavy atom. The molecule has 0 aromatic heterocycles. The fourth-order valence-electron chi connectivity index (χ4n) is 16.2. The molecule has 0 spiro atoms. The number of nitrogens with zero attached hydrogens (tertiary/aromatic N) is 2. The summed E-state index contributed by atoms with van der Waals surface area (Å²) in [4.78, 5) is 4.98. The highest BCUT2D eigenvalue weighted by atomic mass is 15.1. The van der Waals surface area contributed by atoms with Crippen LogP contribution in [0.3, 0.4) is 0 Å². The van der Waals surface area contributed by atoms with Crippen LogP contribution in [0.1, 0.15) is 99.9 Å². The number of fused-ring (bicyclic) bond motifs is 14. The van der Waals surface area contributed by atoms with Gasteiger partial charge in [0, 0.05) is 55.2 Å². The highest BCUT2D eigenvalue weighted by Gasteiger charge is 2.45. The molecule has 0 saturated heterocycles. The van der Waals surface area contributed by atoms with Crippen LogP contribution in [-0.4, -0.2) is 0 Å². The average molecular weight is 1050 g/mol. The van der Waals surface area contributed by atoms with Crippen LogP contribution in [0.4, 0.5) is 34.1 Å². The second-order valence-corrected chi connectivity index (χ2v) is 26.0. The molecule has 2 heteroatoms. The zero-order chi connectivity index (χ0) is 55.3. The summed E-state index contributed by atoms with van der Waals surface area (Å²) < 4.78 is 0. The smallest absolute Gasteiger partial charge is 0.0540 e. The monoisotopic (exact) mass is 1050 g/mol. The lowest BCUT2D eigenvalue weighted by atomic mass is 9.59. The molecule has 0 atom stereocenters. The standard InChI is InChI=1S/C80H62N2/c1-77(2)65-31-17-15-25-51(65)53-35-33-49(41-67(53)77)81(47-21-11-9-12-22-47)73-39-37-57-63-45-71-69(43-61(63)55-27-19-29-59(73)75(55)57)79(5,6)72-46-64-58-38-40-74(60-30-20-28-56(76(58)60)62(64)44-70(72)80(71,7)8)82(48-23-13-10-14-24-48)50-34-36-54-52-26-16-18-32-66(52)78(3,4)68(54)42-50/h9-46H,1-8H3. The van der Waals surface area contributed by atoms with Crippen LogP contribution in [0.25, 0.3) is 88.3 Å². The molecule has 82 heavy (non-hydrogen) atoms. The van der Waals surface area contributed by atoms with Crippen molar-refractivity contribution < 1.29 is 0 Å². The SMILES string of the molecule is CC1(C)c2ccccc2-c2ccc(N(c3ccccc3)c3ccc4c5c(cccc35)-c3cc5c(cc3-4)C(C)(C)c3cc4c(cc3C5(C)C)-c3ccc(N(c5ccccc5)c5ccc6c(c5)C(C)(C)c5ccccc5-6)c5cccc-4c35)cc21. The van der Waals surface area contributed by atoms with Gasteiger partial charge in [-0.15, -0.1) is 0 Å². The summed E-state index contributed by atoms with van der Waals surface area (Å²) in [6, 6.07) is 88.1. The third-order valence-electron chi connectivity index (χ3n) is 20.4. The van der Waals surface area contributed by atoms with Gasteiger partial charge in [0.15, 0.2) is 0 Å². The molecule has 12 aromatic rings. The summed E-state index contributed by atoms with van der Waals surface area (Å²) in [5, 5.41) is 5.19. The Bertz CT molecular complexity index is 4420. The van der Waals surface area contributed by atoms with Crippen molar-refractivity contribution in [3.05, 3.63) is 275 Å². The summed E-state index contributed by atoms with van der Waals surface area (Å²) >= 11 is 0. The number of benzene rings is 12. The second kappa shape index (κ2) is 16.2. The third kappa shape index (κ3) is 6.14. The van der Waals surface area contributed by atoms with E-state index in [0.717, 1.165) is 11.4 Å². The number of rotatable bonds is 6. The van der Waals surface area contributed by atoms with Gasteiger partial charge in [0.05, 0.1) is 11.4 Å². The highest BCUT2D eigenvalue weighted by Crippen LogP contribution is 2.61. The first kappa shape index (κ1) is 47.6. The van der Waals surface area contributed by atoms with E-state index < -0.39 is 0 Å². The van der Waals surface area contributed by atoms with E-state index in [9.17, 15) is 0 Å². The van der Waals surface area contributed by atoms with Crippen molar-refractivity contribution in [2.75, 3.05) is 9.80 Å². The third-order valence-corrected chi connectivity index (χ3v) is 20.4. The molecule has 392 valence electrons. The molecule has 0 N–H and O–H groups in total. The Balaban J connectivity index is 0.782. The van der Waals surface area contributed by atoms with E-state index in [-0.39, 0.29) is 21.7 Å². The van der Waals surface area contributed by atoms with E-state index in [0.29, 0.717) is 0 Å². The lowest BCUT2D eigenvalue weighted by molar-refractivity contribution is 0.521. The molecule has 5 aliphatic rings. The zero-order valence-electron chi connectivity index (χ0n) is 47.8. The van der Waals surface area contributed by atoms with Gasteiger partial charge in [-0.3, -0.25) is 0 Å². The van der Waals surface area contributed by atoms with Gasteiger partial charge in [0.25, 0.3) is 0 Å². The van der Waals surface area contributed by atoms with Crippen LogP contribution >= 0.6 is 0 Å². The molecule has 12 aromatic carbocycles. The summed E-state index contributed by atoms with van der Waals surface area (Å²) in [5.74, 6) is 0. The van der Waals surface area contributed by atoms with Crippen LogP contribution in [-0.2, 0) is 21.7 Å². The first-order valence-electron chi connectivity index (χ1n) is 29.4. The minimum Gasteiger partial charge on any atom is -0.310 e. The molecule has 0 heterocycles. The first-order chi connectivity index (χ1) is 39.7. The fraction of sp³-hybridized carbons (Fsp3) is 0.150. The van der Waals surface area contributed by atoms with Crippen LogP contribution in [0, 0.1) is 0 Å². The molecule has 0 aliphatic heterocycles. The normalized spacial score (nSPS) is 15.7. The molecular formula is C80H62N2. The number of hydrogen-bond donors (Lipinski definition) is 0. The number of para-hydroxylation sites is 2. The van der Waals surface area contributed by atoms with Gasteiger partial charge < -0.3 is 9.80 Å². The van der Waals surface area contributed by atoms with E-state index in [1.807, 2.05) is 0 Å². The summed E-state index contributed by atoms with van der Waals surface area (Å²) in [5.41, 5.74) is 33.4. The van der Waals surface area contributed by atoms with Crippen LogP contribution in [0.5, 0.6) is 0 Å². The Morgan fingerprint density at radius 1 is 0.207 bits per heavy atom. The van der Waals surface area contributed by atoms with Crippen LogP contribution < -0.4 is 9.80 Å². The van der Waals surface area contributed by atoms with Crippen molar-refractivity contribution >= 4 is 55.7 Å². The fourth-order valence-corrected chi connectivity index (χ4v) is 16.2. The van der Waals surface area contributed by atoms with Gasteiger partial charge in [-0.2, -0.15) is 0 Å². The van der Waals surface area contributed by atoms with Crippen LogP contribution in [0.2, 0.25) is 0 Å². The van der Waals surface area contributed by atoms with E-state index in [1.165, 1.54) is 156 Å². The minimum absolute atomic E-state index is 0.113. The minimum atomic E-state index is -0.276.